The number of rotatable bonds is 1. The molecule has 16 heavy (non-hydrogen) atoms. The average Bonchev–Trinajstić information content (AvgIpc) is 2.86. The summed E-state index contributed by atoms with van der Waals surface area (Å²) in [4.78, 5) is 24.1. The molecule has 0 N–H and O–H groups in total. The molecule has 0 unspecified atom stereocenters. The molecule has 6 heteroatoms. The molecular formula is C10H14N2O4. The molecule has 3 heterocycles. The lowest BCUT2D eigenvalue weighted by Gasteiger charge is -2.33. The highest BCUT2D eigenvalue weighted by atomic mass is 16.5. The summed E-state index contributed by atoms with van der Waals surface area (Å²) in [6.45, 7) is 3.13. The van der Waals surface area contributed by atoms with E-state index in [0.717, 1.165) is 0 Å². The lowest BCUT2D eigenvalue weighted by molar-refractivity contribution is -0.166. The van der Waals surface area contributed by atoms with Crippen molar-refractivity contribution in [3.05, 3.63) is 0 Å². The average molecular weight is 226 g/mol. The van der Waals surface area contributed by atoms with Gasteiger partial charge in [0.05, 0.1) is 38.3 Å². The zero-order valence-corrected chi connectivity index (χ0v) is 8.92. The minimum Gasteiger partial charge on any atom is -0.380 e. The fourth-order valence-electron chi connectivity index (χ4n) is 2.50. The molecule has 0 aliphatic carbocycles. The SMILES string of the molecule is O=C1[C@H]2COC[C@H]2C(=O)N1N1CCOCC1. The van der Waals surface area contributed by atoms with E-state index in [1.165, 1.54) is 5.01 Å². The van der Waals surface area contributed by atoms with Crippen molar-refractivity contribution in [1.29, 1.82) is 0 Å². The van der Waals surface area contributed by atoms with Crippen LogP contribution >= 0.6 is 0 Å². The molecule has 0 saturated carbocycles. The van der Waals surface area contributed by atoms with Gasteiger partial charge in [-0.25, -0.2) is 10.0 Å². The molecular weight excluding hydrogens is 212 g/mol. The second-order valence-electron chi connectivity index (χ2n) is 4.30. The Morgan fingerprint density at radius 2 is 1.50 bits per heavy atom. The number of nitrogens with zero attached hydrogens (tertiary/aromatic N) is 2. The number of hydrogen-bond acceptors (Lipinski definition) is 5. The highest BCUT2D eigenvalue weighted by Gasteiger charge is 2.52. The van der Waals surface area contributed by atoms with Gasteiger partial charge in [-0.3, -0.25) is 9.59 Å². The van der Waals surface area contributed by atoms with Gasteiger partial charge in [0.1, 0.15) is 0 Å². The predicted molar refractivity (Wildman–Crippen MR) is 52.0 cm³/mol. The van der Waals surface area contributed by atoms with Crippen molar-refractivity contribution in [2.45, 2.75) is 0 Å². The molecule has 0 spiro atoms. The number of morpholine rings is 1. The van der Waals surface area contributed by atoms with Crippen LogP contribution in [0.25, 0.3) is 0 Å². The van der Waals surface area contributed by atoms with Gasteiger partial charge in [0, 0.05) is 13.1 Å². The third kappa shape index (κ3) is 1.37. The number of fused-ring (bicyclic) bond motifs is 1. The van der Waals surface area contributed by atoms with Gasteiger partial charge in [-0.1, -0.05) is 0 Å². The van der Waals surface area contributed by atoms with Crippen LogP contribution in [0.5, 0.6) is 0 Å². The van der Waals surface area contributed by atoms with Gasteiger partial charge in [0.25, 0.3) is 0 Å². The number of carbonyl (C=O) groups is 2. The fraction of sp³-hybridized carbons (Fsp3) is 0.800. The first-order valence-corrected chi connectivity index (χ1v) is 5.57. The third-order valence-electron chi connectivity index (χ3n) is 3.40. The summed E-state index contributed by atoms with van der Waals surface area (Å²) in [5.74, 6) is -0.713. The Labute approximate surface area is 93.0 Å². The molecule has 2 amide bonds. The van der Waals surface area contributed by atoms with Crippen molar-refractivity contribution in [2.75, 3.05) is 39.5 Å². The van der Waals surface area contributed by atoms with E-state index >= 15 is 0 Å². The number of hydrogen-bond donors (Lipinski definition) is 0. The molecule has 0 radical (unpaired) electrons. The highest BCUT2D eigenvalue weighted by Crippen LogP contribution is 2.32. The van der Waals surface area contributed by atoms with Gasteiger partial charge < -0.3 is 9.47 Å². The van der Waals surface area contributed by atoms with Gasteiger partial charge in [-0.2, -0.15) is 0 Å². The Morgan fingerprint density at radius 3 is 2.06 bits per heavy atom. The molecule has 3 fully saturated rings. The summed E-state index contributed by atoms with van der Waals surface area (Å²) >= 11 is 0. The van der Waals surface area contributed by atoms with Crippen molar-refractivity contribution in [1.82, 2.24) is 10.0 Å². The summed E-state index contributed by atoms with van der Waals surface area (Å²) in [5.41, 5.74) is 0. The largest absolute Gasteiger partial charge is 0.380 e. The Morgan fingerprint density at radius 1 is 0.938 bits per heavy atom. The molecule has 0 aromatic carbocycles. The molecule has 2 atom stereocenters. The first kappa shape index (κ1) is 10.2. The maximum Gasteiger partial charge on any atom is 0.250 e. The summed E-state index contributed by atoms with van der Waals surface area (Å²) in [6, 6.07) is 0. The van der Waals surface area contributed by atoms with E-state index in [2.05, 4.69) is 0 Å². The summed E-state index contributed by atoms with van der Waals surface area (Å²) in [5, 5.41) is 3.12. The van der Waals surface area contributed by atoms with Crippen LogP contribution in [0.15, 0.2) is 0 Å². The van der Waals surface area contributed by atoms with Crippen molar-refractivity contribution in [3.8, 4) is 0 Å². The number of carbonyl (C=O) groups excluding carboxylic acids is 2. The van der Waals surface area contributed by atoms with Crippen LogP contribution in [-0.2, 0) is 19.1 Å². The Balaban J connectivity index is 1.80. The maximum absolute atomic E-state index is 12.0. The quantitative estimate of drug-likeness (QED) is 0.529. The smallest absolute Gasteiger partial charge is 0.250 e. The topological polar surface area (TPSA) is 59.1 Å². The molecule has 0 aromatic heterocycles. The molecule has 6 nitrogen and oxygen atoms in total. The second kappa shape index (κ2) is 3.80. The van der Waals surface area contributed by atoms with E-state index in [1.807, 2.05) is 0 Å². The maximum atomic E-state index is 12.0. The van der Waals surface area contributed by atoms with E-state index < -0.39 is 0 Å². The predicted octanol–water partition coefficient (Wildman–Crippen LogP) is -1.13. The molecule has 3 aliphatic rings. The number of amides is 2. The van der Waals surface area contributed by atoms with E-state index in [0.29, 0.717) is 39.5 Å². The normalized spacial score (nSPS) is 35.9. The lowest BCUT2D eigenvalue weighted by atomic mass is 10.00. The van der Waals surface area contributed by atoms with Gasteiger partial charge in [-0.05, 0) is 0 Å². The number of hydrazine groups is 1. The van der Waals surface area contributed by atoms with Crippen molar-refractivity contribution < 1.29 is 19.1 Å². The zero-order chi connectivity index (χ0) is 11.1. The van der Waals surface area contributed by atoms with Crippen molar-refractivity contribution >= 4 is 11.8 Å². The summed E-state index contributed by atoms with van der Waals surface area (Å²) in [6.07, 6.45) is 0. The third-order valence-corrected chi connectivity index (χ3v) is 3.40. The van der Waals surface area contributed by atoms with Gasteiger partial charge in [-0.15, -0.1) is 0 Å². The molecule has 0 aromatic rings. The molecule has 3 saturated heterocycles. The summed E-state index contributed by atoms with van der Waals surface area (Å²) < 4.78 is 10.4. The zero-order valence-electron chi connectivity index (χ0n) is 8.92. The Bertz CT molecular complexity index is 305. The first-order chi connectivity index (χ1) is 7.79. The minimum atomic E-state index is -0.254. The van der Waals surface area contributed by atoms with E-state index in [9.17, 15) is 9.59 Å². The summed E-state index contributed by atoms with van der Waals surface area (Å²) in [7, 11) is 0. The van der Waals surface area contributed by atoms with E-state index in [4.69, 9.17) is 9.47 Å². The van der Waals surface area contributed by atoms with Gasteiger partial charge in [0.15, 0.2) is 0 Å². The lowest BCUT2D eigenvalue weighted by Crippen LogP contribution is -2.52. The Hall–Kier alpha value is -0.980. The van der Waals surface area contributed by atoms with E-state index in [-0.39, 0.29) is 23.7 Å². The molecule has 3 aliphatic heterocycles. The van der Waals surface area contributed by atoms with Crippen molar-refractivity contribution in [2.24, 2.45) is 11.8 Å². The van der Waals surface area contributed by atoms with Crippen LogP contribution in [0.3, 0.4) is 0 Å². The molecule has 88 valence electrons. The van der Waals surface area contributed by atoms with Crippen LogP contribution in [0.4, 0.5) is 0 Å². The molecule has 3 rings (SSSR count). The molecule has 0 bridgehead atoms. The number of imide groups is 1. The van der Waals surface area contributed by atoms with Crippen LogP contribution in [0, 0.1) is 11.8 Å². The fourth-order valence-corrected chi connectivity index (χ4v) is 2.50. The standard InChI is InChI=1S/C10H14N2O4/c13-9-7-5-16-6-8(7)10(14)12(9)11-1-3-15-4-2-11/h7-8H,1-6H2/t7-,8+. The van der Waals surface area contributed by atoms with Gasteiger partial charge >= 0.3 is 0 Å². The highest BCUT2D eigenvalue weighted by molar-refractivity contribution is 6.05. The first-order valence-electron chi connectivity index (χ1n) is 5.57. The van der Waals surface area contributed by atoms with Crippen LogP contribution < -0.4 is 0 Å². The Kier molecular flexibility index (Phi) is 2.42. The van der Waals surface area contributed by atoms with Crippen LogP contribution in [0.2, 0.25) is 0 Å². The van der Waals surface area contributed by atoms with Gasteiger partial charge in [0.2, 0.25) is 11.8 Å². The monoisotopic (exact) mass is 226 g/mol. The van der Waals surface area contributed by atoms with Crippen LogP contribution in [0.1, 0.15) is 0 Å². The minimum absolute atomic E-state index is 0.102. The van der Waals surface area contributed by atoms with E-state index in [1.54, 1.807) is 5.01 Å². The number of ether oxygens (including phenoxy) is 2. The van der Waals surface area contributed by atoms with Crippen molar-refractivity contribution in [3.63, 3.8) is 0 Å². The second-order valence-corrected chi connectivity index (χ2v) is 4.30. The van der Waals surface area contributed by atoms with Crippen LogP contribution in [-0.4, -0.2) is 61.3 Å².